The van der Waals surface area contributed by atoms with E-state index in [0.29, 0.717) is 17.2 Å². The summed E-state index contributed by atoms with van der Waals surface area (Å²) in [5, 5.41) is 7.32. The summed E-state index contributed by atoms with van der Waals surface area (Å²) in [4.78, 5) is 35.6. The van der Waals surface area contributed by atoms with Crippen LogP contribution in [0.2, 0.25) is 0 Å². The molecule has 1 aliphatic heterocycles. The monoisotopic (exact) mass is 489 g/mol. The second-order valence-corrected chi connectivity index (χ2v) is 9.35. The lowest BCUT2D eigenvalue weighted by atomic mass is 10.2. The minimum atomic E-state index is -0.366. The predicted molar refractivity (Wildman–Crippen MR) is 140 cm³/mol. The van der Waals surface area contributed by atoms with Gasteiger partial charge in [-0.05, 0) is 43.5 Å². The van der Waals surface area contributed by atoms with Gasteiger partial charge >= 0.3 is 5.69 Å². The lowest BCUT2D eigenvalue weighted by molar-refractivity contribution is -0.117. The van der Waals surface area contributed by atoms with Crippen LogP contribution < -0.4 is 20.8 Å². The van der Waals surface area contributed by atoms with E-state index in [0.717, 1.165) is 31.1 Å². The fraction of sp³-hybridized carbons (Fsp3) is 0.280. The topological polar surface area (TPSA) is 87.8 Å². The Labute approximate surface area is 207 Å². The molecule has 1 amide bonds. The van der Waals surface area contributed by atoms with Gasteiger partial charge in [0.05, 0.1) is 0 Å². The van der Waals surface area contributed by atoms with E-state index in [-0.39, 0.29) is 18.1 Å². The fourth-order valence-electron chi connectivity index (χ4n) is 4.23. The van der Waals surface area contributed by atoms with Crippen molar-refractivity contribution in [1.82, 2.24) is 19.2 Å². The van der Waals surface area contributed by atoms with Gasteiger partial charge in [0.1, 0.15) is 6.54 Å². The van der Waals surface area contributed by atoms with Crippen LogP contribution >= 0.6 is 11.8 Å². The quantitative estimate of drug-likeness (QED) is 0.417. The SMILES string of the molecule is CSc1cccc(NC(=O)Cn2nc3c(N4CCN(c5ccc(C)cc5)CC4)nccn3c2=O)c1. The van der Waals surface area contributed by atoms with Gasteiger partial charge in [0, 0.05) is 54.8 Å². The van der Waals surface area contributed by atoms with Gasteiger partial charge in [0.15, 0.2) is 5.82 Å². The number of fused-ring (bicyclic) bond motifs is 1. The minimum Gasteiger partial charge on any atom is -0.368 e. The first-order valence-corrected chi connectivity index (χ1v) is 12.7. The Bertz CT molecular complexity index is 1410. The first-order chi connectivity index (χ1) is 17.0. The number of nitrogens with one attached hydrogen (secondary N) is 1. The van der Waals surface area contributed by atoms with Crippen LogP contribution in [0.1, 0.15) is 5.56 Å². The molecule has 1 aliphatic rings. The molecular formula is C25H27N7O2S. The zero-order chi connectivity index (χ0) is 24.4. The van der Waals surface area contributed by atoms with E-state index in [1.165, 1.54) is 20.3 Å². The second kappa shape index (κ2) is 9.83. The lowest BCUT2D eigenvalue weighted by Gasteiger charge is -2.36. The van der Waals surface area contributed by atoms with Crippen LogP contribution in [0, 0.1) is 6.92 Å². The summed E-state index contributed by atoms with van der Waals surface area (Å²) in [6, 6.07) is 16.1. The standard InChI is InChI=1S/C25H27N7O2S/c1-18-6-8-20(9-7-18)29-12-14-30(15-13-29)23-24-28-32(25(34)31(24)11-10-26-23)17-22(33)27-19-4-3-5-21(16-19)35-2/h3-11,16H,12-15,17H2,1-2H3,(H,27,33). The van der Waals surface area contributed by atoms with Crippen molar-refractivity contribution in [2.75, 3.05) is 47.6 Å². The molecule has 0 spiro atoms. The van der Waals surface area contributed by atoms with Crippen molar-refractivity contribution in [3.05, 3.63) is 77.0 Å². The highest BCUT2D eigenvalue weighted by molar-refractivity contribution is 7.98. The van der Waals surface area contributed by atoms with Crippen LogP contribution in [0.15, 0.2) is 70.6 Å². The van der Waals surface area contributed by atoms with Gasteiger partial charge in [-0.1, -0.05) is 23.8 Å². The molecule has 0 bridgehead atoms. The van der Waals surface area contributed by atoms with Gasteiger partial charge in [-0.2, -0.15) is 0 Å². The van der Waals surface area contributed by atoms with Crippen LogP contribution in [0.4, 0.5) is 17.2 Å². The average molecular weight is 490 g/mol. The fourth-order valence-corrected chi connectivity index (χ4v) is 4.69. The van der Waals surface area contributed by atoms with E-state index in [1.54, 1.807) is 24.2 Å². The van der Waals surface area contributed by atoms with Gasteiger partial charge in [-0.15, -0.1) is 16.9 Å². The summed E-state index contributed by atoms with van der Waals surface area (Å²) in [5.41, 5.74) is 3.23. The number of nitrogens with zero attached hydrogens (tertiary/aromatic N) is 6. The van der Waals surface area contributed by atoms with Crippen molar-refractivity contribution in [1.29, 1.82) is 0 Å². The Morgan fingerprint density at radius 2 is 1.80 bits per heavy atom. The number of carbonyl (C=O) groups is 1. The van der Waals surface area contributed by atoms with E-state index >= 15 is 0 Å². The molecule has 2 aromatic carbocycles. The molecule has 0 unspecified atom stereocenters. The zero-order valence-electron chi connectivity index (χ0n) is 19.7. The Balaban J connectivity index is 1.31. The first-order valence-electron chi connectivity index (χ1n) is 11.5. The molecule has 180 valence electrons. The molecule has 0 radical (unpaired) electrons. The smallest absolute Gasteiger partial charge is 0.350 e. The van der Waals surface area contributed by atoms with Crippen molar-refractivity contribution >= 4 is 40.5 Å². The van der Waals surface area contributed by atoms with Crippen molar-refractivity contribution in [3.8, 4) is 0 Å². The number of carbonyl (C=O) groups excluding carboxylic acids is 1. The number of hydrogen-bond acceptors (Lipinski definition) is 7. The minimum absolute atomic E-state index is 0.176. The Morgan fingerprint density at radius 3 is 2.54 bits per heavy atom. The Kier molecular flexibility index (Phi) is 6.45. The van der Waals surface area contributed by atoms with Crippen molar-refractivity contribution in [2.24, 2.45) is 0 Å². The first kappa shape index (κ1) is 23.0. The molecule has 5 rings (SSSR count). The molecule has 9 nitrogen and oxygen atoms in total. The van der Waals surface area contributed by atoms with E-state index in [2.05, 4.69) is 56.4 Å². The van der Waals surface area contributed by atoms with Gasteiger partial charge in [-0.3, -0.25) is 4.79 Å². The number of aryl methyl sites for hydroxylation is 1. The van der Waals surface area contributed by atoms with Gasteiger partial charge in [0.25, 0.3) is 0 Å². The van der Waals surface area contributed by atoms with Gasteiger partial charge in [0.2, 0.25) is 11.6 Å². The molecule has 3 heterocycles. The maximum absolute atomic E-state index is 12.9. The van der Waals surface area contributed by atoms with Crippen LogP contribution in [0.5, 0.6) is 0 Å². The lowest BCUT2D eigenvalue weighted by Crippen LogP contribution is -2.47. The molecule has 35 heavy (non-hydrogen) atoms. The highest BCUT2D eigenvalue weighted by atomic mass is 32.2. The summed E-state index contributed by atoms with van der Waals surface area (Å²) in [7, 11) is 0. The third kappa shape index (κ3) is 4.88. The summed E-state index contributed by atoms with van der Waals surface area (Å²) in [6.07, 6.45) is 5.17. The summed E-state index contributed by atoms with van der Waals surface area (Å²) < 4.78 is 2.65. The number of hydrogen-bond donors (Lipinski definition) is 1. The number of benzene rings is 2. The van der Waals surface area contributed by atoms with E-state index < -0.39 is 0 Å². The molecule has 10 heteroatoms. The van der Waals surface area contributed by atoms with E-state index in [1.807, 2.05) is 30.5 Å². The maximum atomic E-state index is 12.9. The van der Waals surface area contributed by atoms with E-state index in [9.17, 15) is 9.59 Å². The van der Waals surface area contributed by atoms with Crippen LogP contribution in [0.25, 0.3) is 5.65 Å². The van der Waals surface area contributed by atoms with Crippen molar-refractivity contribution in [3.63, 3.8) is 0 Å². The molecule has 2 aromatic heterocycles. The van der Waals surface area contributed by atoms with Crippen molar-refractivity contribution < 1.29 is 4.79 Å². The van der Waals surface area contributed by atoms with Crippen LogP contribution in [0.3, 0.4) is 0 Å². The summed E-state index contributed by atoms with van der Waals surface area (Å²) in [5.74, 6) is 0.343. The molecule has 0 saturated carbocycles. The zero-order valence-corrected chi connectivity index (χ0v) is 20.5. The summed E-state index contributed by atoms with van der Waals surface area (Å²) >= 11 is 1.60. The Morgan fingerprint density at radius 1 is 1.06 bits per heavy atom. The van der Waals surface area contributed by atoms with Crippen LogP contribution in [-0.2, 0) is 11.3 Å². The summed E-state index contributed by atoms with van der Waals surface area (Å²) in [6.45, 7) is 5.11. The molecule has 1 saturated heterocycles. The highest BCUT2D eigenvalue weighted by Gasteiger charge is 2.23. The van der Waals surface area contributed by atoms with Gasteiger partial charge < -0.3 is 15.1 Å². The molecular weight excluding hydrogens is 462 g/mol. The molecule has 0 aliphatic carbocycles. The number of piperazine rings is 1. The molecule has 4 aromatic rings. The Hall–Kier alpha value is -3.79. The molecule has 1 N–H and O–H groups in total. The number of thioether (sulfide) groups is 1. The average Bonchev–Trinajstić information content (AvgIpc) is 3.19. The third-order valence-corrected chi connectivity index (χ3v) is 6.83. The normalized spacial score (nSPS) is 13.9. The predicted octanol–water partition coefficient (Wildman–Crippen LogP) is 2.89. The maximum Gasteiger partial charge on any atom is 0.350 e. The van der Waals surface area contributed by atoms with Gasteiger partial charge in [-0.25, -0.2) is 18.9 Å². The van der Waals surface area contributed by atoms with Crippen LogP contribution in [-0.4, -0.2) is 57.5 Å². The second-order valence-electron chi connectivity index (χ2n) is 8.47. The van der Waals surface area contributed by atoms with Crippen molar-refractivity contribution in [2.45, 2.75) is 18.4 Å². The molecule has 1 fully saturated rings. The largest absolute Gasteiger partial charge is 0.368 e. The number of amides is 1. The molecule has 0 atom stereocenters. The third-order valence-electron chi connectivity index (χ3n) is 6.11. The highest BCUT2D eigenvalue weighted by Crippen LogP contribution is 2.22. The number of aromatic nitrogens is 4. The number of anilines is 3. The number of rotatable bonds is 6. The van der Waals surface area contributed by atoms with E-state index in [4.69, 9.17) is 0 Å².